The molecule has 1 unspecified atom stereocenters. The first-order valence-corrected chi connectivity index (χ1v) is 12.4. The van der Waals surface area contributed by atoms with Gasteiger partial charge in [-0.3, -0.25) is 23.4 Å². The molecule has 0 bridgehead atoms. The molecule has 0 radical (unpaired) electrons. The first-order chi connectivity index (χ1) is 16.1. The molecular formula is C20H27N4O9P. The van der Waals surface area contributed by atoms with Gasteiger partial charge in [-0.1, -0.05) is 0 Å². The molecule has 2 aromatic heterocycles. The quantitative estimate of drug-likeness (QED) is 0.351. The maximum atomic E-state index is 13.1. The van der Waals surface area contributed by atoms with Crippen LogP contribution in [0.2, 0.25) is 0 Å². The minimum atomic E-state index is -4.83. The Morgan fingerprint density at radius 1 is 1.12 bits per heavy atom. The highest BCUT2D eigenvalue weighted by Crippen LogP contribution is 2.38. The standard InChI is InChI=1S/C20H27N4O9P/c25-16-5-9-23(19-18(27)17(26)15(33-19)12-32-34(29,30)31)20(28)24(16)11-13-10-14(4-6-21-13)22-7-2-1-3-8-22/h4-6,9-10,15,17-19,26-27H,1-3,7-8,11-12H2,(H2,29,30,31)/t15-,17+,18?,19-/m1/s1. The van der Waals surface area contributed by atoms with Gasteiger partial charge in [0.15, 0.2) is 6.23 Å². The third-order valence-corrected chi connectivity index (χ3v) is 6.44. The highest BCUT2D eigenvalue weighted by molar-refractivity contribution is 7.46. The number of aliphatic hydroxyl groups excluding tert-OH is 2. The number of aromatic nitrogens is 3. The number of anilines is 1. The number of piperidine rings is 1. The summed E-state index contributed by atoms with van der Waals surface area (Å²) in [4.78, 5) is 49.8. The van der Waals surface area contributed by atoms with Crippen LogP contribution in [-0.4, -0.2) is 72.1 Å². The molecule has 0 aliphatic carbocycles. The Kier molecular flexibility index (Phi) is 7.33. The Hall–Kier alpha value is -2.38. The molecule has 0 saturated carbocycles. The zero-order chi connectivity index (χ0) is 24.5. The molecule has 4 heterocycles. The van der Waals surface area contributed by atoms with Gasteiger partial charge in [-0.05, 0) is 31.4 Å². The van der Waals surface area contributed by atoms with Crippen molar-refractivity contribution in [1.82, 2.24) is 14.1 Å². The van der Waals surface area contributed by atoms with Crippen LogP contribution < -0.4 is 16.1 Å². The summed E-state index contributed by atoms with van der Waals surface area (Å²) in [6, 6.07) is 4.83. The van der Waals surface area contributed by atoms with Crippen LogP contribution in [0.4, 0.5) is 5.69 Å². The highest BCUT2D eigenvalue weighted by Gasteiger charge is 2.45. The van der Waals surface area contributed by atoms with Crippen molar-refractivity contribution >= 4 is 13.5 Å². The summed E-state index contributed by atoms with van der Waals surface area (Å²) < 4.78 is 22.6. The van der Waals surface area contributed by atoms with Gasteiger partial charge in [-0.15, -0.1) is 0 Å². The minimum Gasteiger partial charge on any atom is -0.387 e. The van der Waals surface area contributed by atoms with E-state index in [1.165, 1.54) is 6.42 Å². The van der Waals surface area contributed by atoms with E-state index in [4.69, 9.17) is 14.5 Å². The van der Waals surface area contributed by atoms with Gasteiger partial charge in [0.1, 0.15) is 18.3 Å². The number of hydrogen-bond acceptors (Lipinski definition) is 9. The van der Waals surface area contributed by atoms with Crippen molar-refractivity contribution in [3.63, 3.8) is 0 Å². The number of nitrogens with zero attached hydrogens (tertiary/aromatic N) is 4. The summed E-state index contributed by atoms with van der Waals surface area (Å²) in [6.45, 7) is 1.03. The maximum absolute atomic E-state index is 13.1. The largest absolute Gasteiger partial charge is 0.469 e. The van der Waals surface area contributed by atoms with Gasteiger partial charge >= 0.3 is 13.5 Å². The lowest BCUT2D eigenvalue weighted by Gasteiger charge is -2.29. The second-order valence-electron chi connectivity index (χ2n) is 8.32. The zero-order valence-electron chi connectivity index (χ0n) is 18.2. The monoisotopic (exact) mass is 498 g/mol. The molecule has 2 aliphatic heterocycles. The highest BCUT2D eigenvalue weighted by atomic mass is 31.2. The molecule has 4 rings (SSSR count). The molecule has 2 aromatic rings. The first kappa shape index (κ1) is 24.7. The van der Waals surface area contributed by atoms with Crippen LogP contribution in [0.25, 0.3) is 0 Å². The fourth-order valence-electron chi connectivity index (χ4n) is 4.20. The lowest BCUT2D eigenvalue weighted by Crippen LogP contribution is -2.43. The summed E-state index contributed by atoms with van der Waals surface area (Å²) in [5.74, 6) is 0. The van der Waals surface area contributed by atoms with Gasteiger partial charge in [0, 0.05) is 37.2 Å². The smallest absolute Gasteiger partial charge is 0.387 e. The fraction of sp³-hybridized carbons (Fsp3) is 0.550. The molecule has 13 nitrogen and oxygen atoms in total. The molecule has 4 atom stereocenters. The van der Waals surface area contributed by atoms with Gasteiger partial charge in [0.2, 0.25) is 0 Å². The Balaban J connectivity index is 1.56. The number of ether oxygens (including phenoxy) is 1. The Bertz CT molecular complexity index is 1170. The number of aliphatic hydroxyl groups is 2. The topological polar surface area (TPSA) is 177 Å². The van der Waals surface area contributed by atoms with Crippen LogP contribution >= 0.6 is 7.82 Å². The van der Waals surface area contributed by atoms with E-state index in [1.54, 1.807) is 6.20 Å². The van der Waals surface area contributed by atoms with Gasteiger partial charge in [0.25, 0.3) is 5.56 Å². The number of phosphoric acid groups is 1. The molecule has 0 amide bonds. The van der Waals surface area contributed by atoms with Gasteiger partial charge < -0.3 is 29.6 Å². The average Bonchev–Trinajstić information content (AvgIpc) is 3.09. The molecule has 0 aromatic carbocycles. The van der Waals surface area contributed by atoms with Crippen molar-refractivity contribution in [3.8, 4) is 0 Å². The van der Waals surface area contributed by atoms with Crippen molar-refractivity contribution in [1.29, 1.82) is 0 Å². The summed E-state index contributed by atoms with van der Waals surface area (Å²) in [5.41, 5.74) is 0.0757. The van der Waals surface area contributed by atoms with Crippen molar-refractivity contribution in [2.75, 3.05) is 24.6 Å². The third-order valence-electron chi connectivity index (χ3n) is 5.96. The predicted octanol–water partition coefficient (Wildman–Crippen LogP) is -0.828. The van der Waals surface area contributed by atoms with Crippen LogP contribution in [0, 0.1) is 0 Å². The molecule has 0 spiro atoms. The van der Waals surface area contributed by atoms with Gasteiger partial charge in [-0.2, -0.15) is 0 Å². The normalized spacial score (nSPS) is 25.6. The van der Waals surface area contributed by atoms with Crippen LogP contribution in [-0.2, 0) is 20.4 Å². The Labute approximate surface area is 194 Å². The number of phosphoric ester groups is 1. The van der Waals surface area contributed by atoms with E-state index in [0.29, 0.717) is 5.69 Å². The van der Waals surface area contributed by atoms with E-state index in [1.807, 2.05) is 12.1 Å². The predicted molar refractivity (Wildman–Crippen MR) is 118 cm³/mol. The molecule has 2 saturated heterocycles. The summed E-state index contributed by atoms with van der Waals surface area (Å²) >= 11 is 0. The first-order valence-electron chi connectivity index (χ1n) is 10.9. The fourth-order valence-corrected chi connectivity index (χ4v) is 4.54. The zero-order valence-corrected chi connectivity index (χ0v) is 19.1. The van der Waals surface area contributed by atoms with E-state index in [9.17, 15) is 24.4 Å². The third kappa shape index (κ3) is 5.47. The van der Waals surface area contributed by atoms with Crippen LogP contribution in [0.1, 0.15) is 31.2 Å². The molecule has 14 heteroatoms. The molecule has 34 heavy (non-hydrogen) atoms. The van der Waals surface area contributed by atoms with Gasteiger partial charge in [-0.25, -0.2) is 9.36 Å². The van der Waals surface area contributed by atoms with E-state index in [0.717, 1.165) is 53.0 Å². The van der Waals surface area contributed by atoms with Crippen molar-refractivity contribution in [2.45, 2.75) is 50.3 Å². The summed E-state index contributed by atoms with van der Waals surface area (Å²) in [6.07, 6.45) is 0.246. The van der Waals surface area contributed by atoms with E-state index in [-0.39, 0.29) is 6.54 Å². The molecular weight excluding hydrogens is 471 g/mol. The van der Waals surface area contributed by atoms with E-state index in [2.05, 4.69) is 14.4 Å². The number of pyridine rings is 1. The molecule has 2 aliphatic rings. The van der Waals surface area contributed by atoms with E-state index >= 15 is 0 Å². The second kappa shape index (κ2) is 10.1. The lowest BCUT2D eigenvalue weighted by molar-refractivity contribution is -0.0548. The van der Waals surface area contributed by atoms with E-state index < -0.39 is 50.2 Å². The van der Waals surface area contributed by atoms with Crippen LogP contribution in [0.5, 0.6) is 0 Å². The maximum Gasteiger partial charge on any atom is 0.469 e. The minimum absolute atomic E-state index is 0.115. The van der Waals surface area contributed by atoms with Crippen LogP contribution in [0.15, 0.2) is 40.2 Å². The Morgan fingerprint density at radius 3 is 2.56 bits per heavy atom. The SMILES string of the molecule is O=c1ccn([C@@H]2O[C@H](COP(=O)(O)O)[C@H](O)C2O)c(=O)n1Cc1cc(N2CCCCC2)ccn1. The number of hydrogen-bond donors (Lipinski definition) is 4. The number of rotatable bonds is 7. The lowest BCUT2D eigenvalue weighted by atomic mass is 10.1. The second-order valence-corrected chi connectivity index (χ2v) is 9.56. The van der Waals surface area contributed by atoms with Gasteiger partial charge in [0.05, 0.1) is 18.8 Å². The average molecular weight is 498 g/mol. The molecule has 4 N–H and O–H groups in total. The van der Waals surface area contributed by atoms with Crippen molar-refractivity contribution < 1.29 is 33.8 Å². The summed E-state index contributed by atoms with van der Waals surface area (Å²) in [5, 5.41) is 20.6. The van der Waals surface area contributed by atoms with Crippen LogP contribution in [0.3, 0.4) is 0 Å². The Morgan fingerprint density at radius 2 is 1.85 bits per heavy atom. The summed E-state index contributed by atoms with van der Waals surface area (Å²) in [7, 11) is -4.83. The van der Waals surface area contributed by atoms with Crippen molar-refractivity contribution in [3.05, 3.63) is 57.1 Å². The van der Waals surface area contributed by atoms with Crippen molar-refractivity contribution in [2.24, 2.45) is 0 Å². The molecule has 2 fully saturated rings. The molecule has 186 valence electrons.